The van der Waals surface area contributed by atoms with E-state index in [2.05, 4.69) is 17.1 Å². The number of nitrogens with one attached hydrogen (secondary N) is 1. The minimum Gasteiger partial charge on any atom is -0.313 e. The average molecular weight is 224 g/mol. The maximum atomic E-state index is 3.60. The molecule has 0 aromatic rings. The van der Waals surface area contributed by atoms with Gasteiger partial charge in [0.25, 0.3) is 0 Å². The zero-order valence-corrected chi connectivity index (χ0v) is 10.9. The molecule has 2 nitrogen and oxygen atoms in total. The molecule has 94 valence electrons. The van der Waals surface area contributed by atoms with E-state index in [1.807, 2.05) is 0 Å². The summed E-state index contributed by atoms with van der Waals surface area (Å²) in [6.07, 6.45) is 11.6. The second-order valence-corrected chi connectivity index (χ2v) is 5.68. The molecule has 1 aliphatic heterocycles. The summed E-state index contributed by atoms with van der Waals surface area (Å²) in [4.78, 5) is 2.77. The Bertz CT molecular complexity index is 182. The van der Waals surface area contributed by atoms with E-state index in [-0.39, 0.29) is 0 Å². The van der Waals surface area contributed by atoms with Crippen LogP contribution >= 0.6 is 0 Å². The van der Waals surface area contributed by atoms with Crippen molar-refractivity contribution in [3.8, 4) is 0 Å². The van der Waals surface area contributed by atoms with Crippen LogP contribution in [-0.4, -0.2) is 36.6 Å². The van der Waals surface area contributed by atoms with Gasteiger partial charge in [-0.05, 0) is 32.7 Å². The van der Waals surface area contributed by atoms with Gasteiger partial charge in [-0.15, -0.1) is 0 Å². The Morgan fingerprint density at radius 1 is 0.875 bits per heavy atom. The summed E-state index contributed by atoms with van der Waals surface area (Å²) < 4.78 is 0. The smallest absolute Gasteiger partial charge is 0.0110 e. The Kier molecular flexibility index (Phi) is 5.11. The zero-order chi connectivity index (χ0) is 11.2. The topological polar surface area (TPSA) is 15.3 Å². The summed E-state index contributed by atoms with van der Waals surface area (Å²) in [7, 11) is 0. The molecule has 1 aliphatic carbocycles. The zero-order valence-electron chi connectivity index (χ0n) is 10.9. The molecule has 0 amide bonds. The van der Waals surface area contributed by atoms with Crippen LogP contribution in [0.1, 0.15) is 58.3 Å². The van der Waals surface area contributed by atoms with E-state index in [1.54, 1.807) is 0 Å². The molecule has 2 aliphatic rings. The Labute approximate surface area is 101 Å². The third-order valence-electron chi connectivity index (χ3n) is 4.33. The molecule has 1 heterocycles. The second-order valence-electron chi connectivity index (χ2n) is 5.68. The number of hydrogen-bond donors (Lipinski definition) is 1. The molecule has 0 radical (unpaired) electrons. The molecule has 1 saturated carbocycles. The summed E-state index contributed by atoms with van der Waals surface area (Å²) in [5.41, 5.74) is 0. The maximum absolute atomic E-state index is 3.60. The minimum absolute atomic E-state index is 0.721. The molecule has 1 saturated heterocycles. The number of rotatable bonds is 1. The van der Waals surface area contributed by atoms with Crippen LogP contribution in [0.25, 0.3) is 0 Å². The molecule has 2 heteroatoms. The lowest BCUT2D eigenvalue weighted by atomic mass is 9.95. The first kappa shape index (κ1) is 12.4. The monoisotopic (exact) mass is 224 g/mol. The van der Waals surface area contributed by atoms with Crippen molar-refractivity contribution in [2.24, 2.45) is 0 Å². The normalized spacial score (nSPS) is 31.7. The second kappa shape index (κ2) is 6.61. The Morgan fingerprint density at radius 3 is 2.31 bits per heavy atom. The van der Waals surface area contributed by atoms with Crippen molar-refractivity contribution in [1.29, 1.82) is 0 Å². The van der Waals surface area contributed by atoms with Crippen molar-refractivity contribution < 1.29 is 0 Å². The predicted molar refractivity (Wildman–Crippen MR) is 69.8 cm³/mol. The van der Waals surface area contributed by atoms with Gasteiger partial charge < -0.3 is 5.32 Å². The predicted octanol–water partition coefficient (Wildman–Crippen LogP) is 2.78. The Hall–Kier alpha value is -0.0800. The van der Waals surface area contributed by atoms with Crippen LogP contribution in [0.3, 0.4) is 0 Å². The van der Waals surface area contributed by atoms with Crippen LogP contribution in [0.2, 0.25) is 0 Å². The summed E-state index contributed by atoms with van der Waals surface area (Å²) in [5, 5.41) is 3.60. The molecule has 16 heavy (non-hydrogen) atoms. The first-order valence-corrected chi connectivity index (χ1v) is 7.33. The molecule has 1 N–H and O–H groups in total. The van der Waals surface area contributed by atoms with Crippen LogP contribution < -0.4 is 5.32 Å². The van der Waals surface area contributed by atoms with Gasteiger partial charge >= 0.3 is 0 Å². The van der Waals surface area contributed by atoms with Crippen LogP contribution in [0, 0.1) is 0 Å². The van der Waals surface area contributed by atoms with Crippen molar-refractivity contribution in [3.63, 3.8) is 0 Å². The molecule has 2 rings (SSSR count). The van der Waals surface area contributed by atoms with E-state index in [0.717, 1.165) is 12.1 Å². The van der Waals surface area contributed by atoms with Crippen LogP contribution in [0.4, 0.5) is 0 Å². The fourth-order valence-electron chi connectivity index (χ4n) is 3.19. The SMILES string of the molecule is CC1CCN(C2CCCCCCC2)CCN1. The maximum Gasteiger partial charge on any atom is 0.0110 e. The lowest BCUT2D eigenvalue weighted by Gasteiger charge is -2.31. The fraction of sp³-hybridized carbons (Fsp3) is 1.00. The molecular weight excluding hydrogens is 196 g/mol. The molecular formula is C14H28N2. The fourth-order valence-corrected chi connectivity index (χ4v) is 3.19. The molecule has 0 aromatic carbocycles. The largest absolute Gasteiger partial charge is 0.313 e. The third-order valence-corrected chi connectivity index (χ3v) is 4.33. The first-order valence-electron chi connectivity index (χ1n) is 7.33. The lowest BCUT2D eigenvalue weighted by Crippen LogP contribution is -2.38. The van der Waals surface area contributed by atoms with Crippen molar-refractivity contribution >= 4 is 0 Å². The van der Waals surface area contributed by atoms with Crippen LogP contribution in [0.15, 0.2) is 0 Å². The average Bonchev–Trinajstić information content (AvgIpc) is 2.43. The molecule has 1 atom stereocenters. The van der Waals surface area contributed by atoms with Gasteiger partial charge in [0.05, 0.1) is 0 Å². The van der Waals surface area contributed by atoms with Crippen molar-refractivity contribution in [2.45, 2.75) is 70.4 Å². The highest BCUT2D eigenvalue weighted by Gasteiger charge is 2.21. The number of nitrogens with zero attached hydrogens (tertiary/aromatic N) is 1. The van der Waals surface area contributed by atoms with Crippen molar-refractivity contribution in [3.05, 3.63) is 0 Å². The van der Waals surface area contributed by atoms with Gasteiger partial charge in [0.2, 0.25) is 0 Å². The first-order chi connectivity index (χ1) is 7.86. The van der Waals surface area contributed by atoms with Gasteiger partial charge in [0, 0.05) is 25.2 Å². The molecule has 2 fully saturated rings. The minimum atomic E-state index is 0.721. The summed E-state index contributed by atoms with van der Waals surface area (Å²) >= 11 is 0. The molecule has 0 bridgehead atoms. The van der Waals surface area contributed by atoms with Crippen LogP contribution in [-0.2, 0) is 0 Å². The highest BCUT2D eigenvalue weighted by molar-refractivity contribution is 4.79. The highest BCUT2D eigenvalue weighted by Crippen LogP contribution is 2.22. The standard InChI is InChI=1S/C14H28N2/c1-13-9-11-16(12-10-15-13)14-7-5-3-2-4-6-8-14/h13-15H,2-12H2,1H3. The Balaban J connectivity index is 1.83. The molecule has 0 spiro atoms. The summed E-state index contributed by atoms with van der Waals surface area (Å²) in [6.45, 7) is 6.10. The molecule has 1 unspecified atom stereocenters. The van der Waals surface area contributed by atoms with E-state index in [1.165, 1.54) is 71.0 Å². The summed E-state index contributed by atoms with van der Waals surface area (Å²) in [5.74, 6) is 0. The van der Waals surface area contributed by atoms with Crippen molar-refractivity contribution in [2.75, 3.05) is 19.6 Å². The Morgan fingerprint density at radius 2 is 1.56 bits per heavy atom. The van der Waals surface area contributed by atoms with E-state index >= 15 is 0 Å². The third kappa shape index (κ3) is 3.74. The highest BCUT2D eigenvalue weighted by atomic mass is 15.2. The molecule has 0 aromatic heterocycles. The van der Waals surface area contributed by atoms with Gasteiger partial charge in [0.1, 0.15) is 0 Å². The van der Waals surface area contributed by atoms with Crippen LogP contribution in [0.5, 0.6) is 0 Å². The van der Waals surface area contributed by atoms with E-state index in [4.69, 9.17) is 0 Å². The quantitative estimate of drug-likeness (QED) is 0.737. The van der Waals surface area contributed by atoms with Gasteiger partial charge in [-0.25, -0.2) is 0 Å². The van der Waals surface area contributed by atoms with Gasteiger partial charge in [0.15, 0.2) is 0 Å². The van der Waals surface area contributed by atoms with E-state index < -0.39 is 0 Å². The summed E-state index contributed by atoms with van der Waals surface area (Å²) in [6, 6.07) is 1.62. The number of hydrogen-bond acceptors (Lipinski definition) is 2. The van der Waals surface area contributed by atoms with Gasteiger partial charge in [-0.1, -0.05) is 32.1 Å². The van der Waals surface area contributed by atoms with Gasteiger partial charge in [-0.3, -0.25) is 4.90 Å². The van der Waals surface area contributed by atoms with Gasteiger partial charge in [-0.2, -0.15) is 0 Å². The van der Waals surface area contributed by atoms with Crippen molar-refractivity contribution in [1.82, 2.24) is 10.2 Å². The van der Waals surface area contributed by atoms with E-state index in [0.29, 0.717) is 0 Å². The van der Waals surface area contributed by atoms with E-state index in [9.17, 15) is 0 Å². The lowest BCUT2D eigenvalue weighted by molar-refractivity contribution is 0.175.